The Morgan fingerprint density at radius 1 is 1.00 bits per heavy atom. The van der Waals surface area contributed by atoms with Crippen molar-refractivity contribution in [2.45, 2.75) is 6.92 Å². The van der Waals surface area contributed by atoms with Gasteiger partial charge in [-0.25, -0.2) is 0 Å². The number of hydrogen-bond donors (Lipinski definition) is 2. The molecule has 0 saturated heterocycles. The van der Waals surface area contributed by atoms with Crippen molar-refractivity contribution in [2.75, 3.05) is 5.73 Å². The van der Waals surface area contributed by atoms with Crippen molar-refractivity contribution in [3.05, 3.63) is 67.7 Å². The number of fused-ring (bicyclic) bond motifs is 2. The summed E-state index contributed by atoms with van der Waals surface area (Å²) in [6.45, 7) is 1.71. The van der Waals surface area contributed by atoms with E-state index in [1.54, 1.807) is 38.2 Å². The molecule has 130 valence electrons. The molecule has 0 spiro atoms. The highest BCUT2D eigenvalue weighted by Crippen LogP contribution is 2.24. The van der Waals surface area contributed by atoms with Crippen LogP contribution in [-0.2, 0) is 7.05 Å². The fourth-order valence-electron chi connectivity index (χ4n) is 3.32. The Kier molecular flexibility index (Phi) is 3.14. The van der Waals surface area contributed by atoms with Crippen molar-refractivity contribution in [2.24, 2.45) is 7.05 Å². The first-order valence-electron chi connectivity index (χ1n) is 7.81. The largest absolute Gasteiger partial charge is 0.384 e. The number of amides is 2. The molecule has 0 saturated carbocycles. The van der Waals surface area contributed by atoms with Gasteiger partial charge in [-0.15, -0.1) is 0 Å². The van der Waals surface area contributed by atoms with Gasteiger partial charge in [0.2, 0.25) is 0 Å². The van der Waals surface area contributed by atoms with E-state index in [9.17, 15) is 19.2 Å². The van der Waals surface area contributed by atoms with Crippen molar-refractivity contribution in [3.63, 3.8) is 0 Å². The summed E-state index contributed by atoms with van der Waals surface area (Å²) in [5.41, 5.74) is 7.09. The second kappa shape index (κ2) is 5.16. The zero-order valence-corrected chi connectivity index (χ0v) is 14.0. The molecule has 0 fully saturated rings. The number of nitrogens with zero attached hydrogens (tertiary/aromatic N) is 2. The first-order chi connectivity index (χ1) is 12.3. The molecule has 3 N–H and O–H groups in total. The van der Waals surface area contributed by atoms with Crippen LogP contribution in [0.5, 0.6) is 0 Å². The molecular formula is C18H14N4O4. The van der Waals surface area contributed by atoms with E-state index in [1.165, 1.54) is 9.13 Å². The Balaban J connectivity index is 2.03. The maximum absolute atomic E-state index is 12.5. The Morgan fingerprint density at radius 3 is 2.46 bits per heavy atom. The van der Waals surface area contributed by atoms with Gasteiger partial charge in [-0.05, 0) is 31.2 Å². The third-order valence-corrected chi connectivity index (χ3v) is 4.60. The fourth-order valence-corrected chi connectivity index (χ4v) is 3.32. The zero-order chi connectivity index (χ0) is 18.7. The number of benzene rings is 1. The van der Waals surface area contributed by atoms with E-state index in [0.717, 1.165) is 11.5 Å². The van der Waals surface area contributed by atoms with Crippen LogP contribution in [-0.4, -0.2) is 20.9 Å². The fraction of sp³-hybridized carbons (Fsp3) is 0.111. The van der Waals surface area contributed by atoms with Crippen LogP contribution in [0.4, 0.5) is 5.82 Å². The van der Waals surface area contributed by atoms with Gasteiger partial charge in [0, 0.05) is 24.1 Å². The van der Waals surface area contributed by atoms with Crippen LogP contribution >= 0.6 is 0 Å². The lowest BCUT2D eigenvalue weighted by molar-refractivity contribution is 0.0880. The van der Waals surface area contributed by atoms with Gasteiger partial charge >= 0.3 is 0 Å². The van der Waals surface area contributed by atoms with E-state index >= 15 is 0 Å². The van der Waals surface area contributed by atoms with Crippen molar-refractivity contribution >= 4 is 28.5 Å². The molecule has 3 aromatic rings. The Hall–Kier alpha value is -3.68. The van der Waals surface area contributed by atoms with Crippen LogP contribution in [0.2, 0.25) is 0 Å². The van der Waals surface area contributed by atoms with Crippen molar-refractivity contribution in [1.29, 1.82) is 0 Å². The van der Waals surface area contributed by atoms with Gasteiger partial charge in [-0.2, -0.15) is 0 Å². The third kappa shape index (κ3) is 2.02. The molecule has 1 aromatic carbocycles. The molecule has 8 heteroatoms. The maximum atomic E-state index is 12.5. The summed E-state index contributed by atoms with van der Waals surface area (Å²) in [4.78, 5) is 48.3. The van der Waals surface area contributed by atoms with Gasteiger partial charge in [0.05, 0.1) is 22.3 Å². The van der Waals surface area contributed by atoms with E-state index in [0.29, 0.717) is 16.8 Å². The van der Waals surface area contributed by atoms with Crippen LogP contribution < -0.4 is 22.2 Å². The standard InChI is InChI=1S/C18H14N4O4/c1-8-5-9-6-10(3-4-12(9)21(2)18(8)26)22-13(23)7-11-14(15(22)19)17(25)20-16(11)24/h3-7H,19H2,1-2H3,(H,20,24,25). The summed E-state index contributed by atoms with van der Waals surface area (Å²) in [5.74, 6) is -1.36. The van der Waals surface area contributed by atoms with Gasteiger partial charge in [0.15, 0.2) is 0 Å². The smallest absolute Gasteiger partial charge is 0.262 e. The predicted octanol–water partition coefficient (Wildman–Crippen LogP) is 0.464. The molecule has 0 aliphatic carbocycles. The van der Waals surface area contributed by atoms with Crippen LogP contribution in [0.25, 0.3) is 16.6 Å². The average Bonchev–Trinajstić information content (AvgIpc) is 2.86. The number of imide groups is 1. The summed E-state index contributed by atoms with van der Waals surface area (Å²) in [6, 6.07) is 7.88. The molecule has 2 amide bonds. The SMILES string of the molecule is Cc1cc2cc(-n3c(N)c4c(cc3=O)C(=O)NC4=O)ccc2n(C)c1=O. The number of rotatable bonds is 1. The quantitative estimate of drug-likeness (QED) is 0.619. The number of anilines is 1. The van der Waals surface area contributed by atoms with Gasteiger partial charge < -0.3 is 10.3 Å². The minimum Gasteiger partial charge on any atom is -0.384 e. The highest BCUT2D eigenvalue weighted by Gasteiger charge is 2.31. The van der Waals surface area contributed by atoms with Crippen LogP contribution in [0.1, 0.15) is 26.3 Å². The Labute approximate surface area is 146 Å². The lowest BCUT2D eigenvalue weighted by Crippen LogP contribution is -2.24. The minimum atomic E-state index is -0.634. The lowest BCUT2D eigenvalue weighted by atomic mass is 10.1. The van der Waals surface area contributed by atoms with Crippen LogP contribution in [0.15, 0.2) is 39.9 Å². The molecule has 1 aliphatic heterocycles. The van der Waals surface area contributed by atoms with Gasteiger partial charge in [0.25, 0.3) is 22.9 Å². The first kappa shape index (κ1) is 15.8. The number of nitrogens with one attached hydrogen (secondary N) is 1. The zero-order valence-electron chi connectivity index (χ0n) is 14.0. The van der Waals surface area contributed by atoms with Crippen molar-refractivity contribution < 1.29 is 9.59 Å². The monoisotopic (exact) mass is 350 g/mol. The topological polar surface area (TPSA) is 116 Å². The molecule has 0 bridgehead atoms. The molecule has 0 radical (unpaired) electrons. The highest BCUT2D eigenvalue weighted by atomic mass is 16.2. The van der Waals surface area contributed by atoms with E-state index in [4.69, 9.17) is 5.73 Å². The summed E-state index contributed by atoms with van der Waals surface area (Å²) in [6.07, 6.45) is 0. The van der Waals surface area contributed by atoms with Crippen LogP contribution in [0, 0.1) is 6.92 Å². The minimum absolute atomic E-state index is 0.00802. The van der Waals surface area contributed by atoms with Crippen LogP contribution in [0.3, 0.4) is 0 Å². The third-order valence-electron chi connectivity index (χ3n) is 4.60. The van der Waals surface area contributed by atoms with E-state index in [-0.39, 0.29) is 22.5 Å². The number of nitrogen functional groups attached to an aromatic ring is 1. The number of nitrogens with two attached hydrogens (primary N) is 1. The second-order valence-electron chi connectivity index (χ2n) is 6.21. The van der Waals surface area contributed by atoms with Crippen molar-refractivity contribution in [3.8, 4) is 5.69 Å². The molecule has 0 unspecified atom stereocenters. The molecule has 2 aromatic heterocycles. The van der Waals surface area contributed by atoms with Gasteiger partial charge in [0.1, 0.15) is 5.82 Å². The van der Waals surface area contributed by atoms with Crippen molar-refractivity contribution in [1.82, 2.24) is 14.5 Å². The highest BCUT2D eigenvalue weighted by molar-refractivity contribution is 6.23. The van der Waals surface area contributed by atoms with E-state index in [1.807, 2.05) is 0 Å². The molecule has 26 heavy (non-hydrogen) atoms. The number of carbonyl (C=O) groups is 2. The summed E-state index contributed by atoms with van der Waals surface area (Å²) in [7, 11) is 1.67. The molecular weight excluding hydrogens is 336 g/mol. The number of carbonyl (C=O) groups excluding carboxylic acids is 2. The van der Waals surface area contributed by atoms with Gasteiger partial charge in [-0.1, -0.05) is 0 Å². The molecule has 0 atom stereocenters. The maximum Gasteiger partial charge on any atom is 0.262 e. The Bertz CT molecular complexity index is 1270. The molecule has 8 nitrogen and oxygen atoms in total. The van der Waals surface area contributed by atoms with E-state index in [2.05, 4.69) is 5.32 Å². The molecule has 4 rings (SSSR count). The first-order valence-corrected chi connectivity index (χ1v) is 7.81. The number of aromatic nitrogens is 2. The molecule has 3 heterocycles. The average molecular weight is 350 g/mol. The second-order valence-corrected chi connectivity index (χ2v) is 6.21. The van der Waals surface area contributed by atoms with Gasteiger partial charge in [-0.3, -0.25) is 29.1 Å². The summed E-state index contributed by atoms with van der Waals surface area (Å²) >= 11 is 0. The van der Waals surface area contributed by atoms with E-state index < -0.39 is 17.4 Å². The normalized spacial score (nSPS) is 13.2. The predicted molar refractivity (Wildman–Crippen MR) is 95.7 cm³/mol. The summed E-state index contributed by atoms with van der Waals surface area (Å²) < 4.78 is 2.70. The number of hydrogen-bond acceptors (Lipinski definition) is 5. The lowest BCUT2D eigenvalue weighted by Gasteiger charge is -2.13. The molecule has 1 aliphatic rings. The number of pyridine rings is 2. The summed E-state index contributed by atoms with van der Waals surface area (Å²) in [5, 5.41) is 2.88. The number of aryl methyl sites for hydroxylation is 2. The Morgan fingerprint density at radius 2 is 1.73 bits per heavy atom.